The van der Waals surface area contributed by atoms with Gasteiger partial charge in [-0.15, -0.1) is 0 Å². The van der Waals surface area contributed by atoms with Crippen molar-refractivity contribution in [3.8, 4) is 0 Å². The predicted molar refractivity (Wildman–Crippen MR) is 141 cm³/mol. The monoisotopic (exact) mass is 517 g/mol. The lowest BCUT2D eigenvalue weighted by atomic mass is 9.80. The number of methoxy groups -OCH3 is 1. The van der Waals surface area contributed by atoms with E-state index in [0.717, 1.165) is 23.3 Å². The quantitative estimate of drug-likeness (QED) is 0.247. The number of carbonyl (C=O) groups is 1. The van der Waals surface area contributed by atoms with Crippen LogP contribution in [0, 0.1) is 0 Å². The van der Waals surface area contributed by atoms with Gasteiger partial charge in [-0.2, -0.15) is 13.2 Å². The summed E-state index contributed by atoms with van der Waals surface area (Å²) < 4.78 is 46.3. The van der Waals surface area contributed by atoms with Crippen molar-refractivity contribution in [2.75, 3.05) is 12.4 Å². The molecule has 194 valence electrons. The van der Waals surface area contributed by atoms with Gasteiger partial charge >= 0.3 is 12.2 Å². The topological polar surface area (TPSA) is 63.2 Å². The van der Waals surface area contributed by atoms with E-state index in [-0.39, 0.29) is 12.0 Å². The second kappa shape index (κ2) is 11.2. The van der Waals surface area contributed by atoms with Crippen molar-refractivity contribution in [3.63, 3.8) is 0 Å². The molecule has 38 heavy (non-hydrogen) atoms. The standard InChI is InChI=1S/C30H26F3N3O2/c1-21(38-2)23-14-16-26(17-15-23)35-28(37)36-29(27-13-6-7-18-34-27,20-22-9-4-3-5-10-22)24-11-8-12-25(19-24)30(31,32)33/h3-19H,1,20H2,2H3,(H2,35,36,37). The fourth-order valence-electron chi connectivity index (χ4n) is 4.21. The van der Waals surface area contributed by atoms with E-state index in [2.05, 4.69) is 22.2 Å². The van der Waals surface area contributed by atoms with Crippen LogP contribution in [0.3, 0.4) is 0 Å². The van der Waals surface area contributed by atoms with Gasteiger partial charge in [-0.1, -0.05) is 55.1 Å². The maximum atomic E-state index is 13.7. The number of ether oxygens (including phenoxy) is 1. The Morgan fingerprint density at radius 1 is 0.895 bits per heavy atom. The highest BCUT2D eigenvalue weighted by atomic mass is 19.4. The van der Waals surface area contributed by atoms with Crippen molar-refractivity contribution in [2.45, 2.75) is 18.1 Å². The Morgan fingerprint density at radius 3 is 2.21 bits per heavy atom. The van der Waals surface area contributed by atoms with Gasteiger partial charge in [0.05, 0.1) is 18.4 Å². The first-order valence-electron chi connectivity index (χ1n) is 11.8. The van der Waals surface area contributed by atoms with Crippen molar-refractivity contribution in [1.82, 2.24) is 10.3 Å². The van der Waals surface area contributed by atoms with E-state index in [0.29, 0.717) is 17.1 Å². The Morgan fingerprint density at radius 2 is 1.58 bits per heavy atom. The molecule has 1 unspecified atom stereocenters. The highest BCUT2D eigenvalue weighted by Crippen LogP contribution is 2.37. The molecule has 0 fully saturated rings. The molecule has 0 aliphatic heterocycles. The lowest BCUT2D eigenvalue weighted by Crippen LogP contribution is -2.50. The Labute approximate surface area is 219 Å². The van der Waals surface area contributed by atoms with Crippen LogP contribution in [0.4, 0.5) is 23.7 Å². The Hall–Kier alpha value is -4.59. The van der Waals surface area contributed by atoms with Crippen LogP contribution >= 0.6 is 0 Å². The van der Waals surface area contributed by atoms with Crippen LogP contribution in [0.25, 0.3) is 5.76 Å². The molecule has 0 bridgehead atoms. The number of nitrogens with one attached hydrogen (secondary N) is 2. The number of aromatic nitrogens is 1. The van der Waals surface area contributed by atoms with E-state index in [4.69, 9.17) is 4.74 Å². The maximum Gasteiger partial charge on any atom is 0.416 e. The van der Waals surface area contributed by atoms with Crippen LogP contribution < -0.4 is 10.6 Å². The van der Waals surface area contributed by atoms with Gasteiger partial charge in [-0.25, -0.2) is 4.79 Å². The molecule has 8 heteroatoms. The third-order valence-electron chi connectivity index (χ3n) is 6.14. The summed E-state index contributed by atoms with van der Waals surface area (Å²) in [6.07, 6.45) is -2.86. The number of carbonyl (C=O) groups excluding carboxylic acids is 1. The number of hydrogen-bond donors (Lipinski definition) is 2. The van der Waals surface area contributed by atoms with Crippen molar-refractivity contribution in [1.29, 1.82) is 0 Å². The molecule has 3 aromatic carbocycles. The Bertz CT molecular complexity index is 1390. The molecule has 1 atom stereocenters. The summed E-state index contributed by atoms with van der Waals surface area (Å²) in [5.41, 5.74) is 0.431. The van der Waals surface area contributed by atoms with Gasteiger partial charge in [-0.05, 0) is 59.7 Å². The number of urea groups is 1. The number of pyridine rings is 1. The molecule has 1 heterocycles. The first kappa shape index (κ1) is 26.5. The lowest BCUT2D eigenvalue weighted by Gasteiger charge is -2.35. The number of anilines is 1. The predicted octanol–water partition coefficient (Wildman–Crippen LogP) is 7.03. The van der Waals surface area contributed by atoms with E-state index in [1.54, 1.807) is 54.7 Å². The summed E-state index contributed by atoms with van der Waals surface area (Å²) >= 11 is 0. The van der Waals surface area contributed by atoms with Crippen molar-refractivity contribution in [2.24, 2.45) is 0 Å². The molecule has 0 aliphatic carbocycles. The van der Waals surface area contributed by atoms with Crippen LogP contribution in [0.5, 0.6) is 0 Å². The summed E-state index contributed by atoms with van der Waals surface area (Å²) in [4.78, 5) is 17.9. The Balaban J connectivity index is 1.78. The van der Waals surface area contributed by atoms with Crippen LogP contribution in [-0.2, 0) is 22.9 Å². The van der Waals surface area contributed by atoms with Crippen LogP contribution in [0.1, 0.15) is 27.9 Å². The van der Waals surface area contributed by atoms with Crippen molar-refractivity contribution >= 4 is 17.5 Å². The number of amides is 2. The van der Waals surface area contributed by atoms with Crippen LogP contribution in [0.2, 0.25) is 0 Å². The van der Waals surface area contributed by atoms with Gasteiger partial charge in [0.1, 0.15) is 11.3 Å². The maximum absolute atomic E-state index is 13.7. The second-order valence-electron chi connectivity index (χ2n) is 8.65. The molecule has 0 radical (unpaired) electrons. The highest BCUT2D eigenvalue weighted by molar-refractivity contribution is 5.90. The second-order valence-corrected chi connectivity index (χ2v) is 8.65. The summed E-state index contributed by atoms with van der Waals surface area (Å²) in [7, 11) is 1.51. The molecule has 1 aromatic heterocycles. The molecule has 0 spiro atoms. The minimum atomic E-state index is -4.56. The minimum Gasteiger partial charge on any atom is -0.497 e. The van der Waals surface area contributed by atoms with Crippen LogP contribution in [0.15, 0.2) is 110 Å². The number of hydrogen-bond acceptors (Lipinski definition) is 3. The van der Waals surface area contributed by atoms with Crippen LogP contribution in [-0.4, -0.2) is 18.1 Å². The average Bonchev–Trinajstić information content (AvgIpc) is 2.93. The normalized spacial score (nSPS) is 12.7. The molecule has 0 saturated heterocycles. The van der Waals surface area contributed by atoms with E-state index in [1.165, 1.54) is 13.2 Å². The molecular weight excluding hydrogens is 491 g/mol. The average molecular weight is 518 g/mol. The molecule has 4 aromatic rings. The zero-order valence-corrected chi connectivity index (χ0v) is 20.6. The highest BCUT2D eigenvalue weighted by Gasteiger charge is 2.40. The Kier molecular flexibility index (Phi) is 7.81. The number of nitrogens with zero attached hydrogens (tertiary/aromatic N) is 1. The number of benzene rings is 3. The first-order valence-corrected chi connectivity index (χ1v) is 11.8. The van der Waals surface area contributed by atoms with E-state index < -0.39 is 23.3 Å². The molecule has 0 saturated carbocycles. The van der Waals surface area contributed by atoms with Gasteiger partial charge in [0.25, 0.3) is 0 Å². The summed E-state index contributed by atoms with van der Waals surface area (Å²) in [5.74, 6) is 0.475. The molecule has 2 N–H and O–H groups in total. The first-order chi connectivity index (χ1) is 18.2. The fourth-order valence-corrected chi connectivity index (χ4v) is 4.21. The van der Waals surface area contributed by atoms with Gasteiger partial charge < -0.3 is 15.4 Å². The molecular formula is C30H26F3N3O2. The molecule has 5 nitrogen and oxygen atoms in total. The SMILES string of the molecule is C=C(OC)c1ccc(NC(=O)NC(Cc2ccccc2)(c2cccc(C(F)(F)F)c2)c2ccccn2)cc1. The minimum absolute atomic E-state index is 0.159. The number of rotatable bonds is 8. The molecule has 0 aliphatic rings. The van der Waals surface area contributed by atoms with E-state index >= 15 is 0 Å². The molecule has 2 amide bonds. The summed E-state index contributed by atoms with van der Waals surface area (Å²) in [5, 5.41) is 5.75. The summed E-state index contributed by atoms with van der Waals surface area (Å²) in [6.45, 7) is 3.80. The van der Waals surface area contributed by atoms with Gasteiger partial charge in [0.15, 0.2) is 0 Å². The van der Waals surface area contributed by atoms with Crippen molar-refractivity contribution in [3.05, 3.63) is 138 Å². The fraction of sp³-hybridized carbons (Fsp3) is 0.133. The summed E-state index contributed by atoms with van der Waals surface area (Å²) in [6, 6.07) is 25.6. The van der Waals surface area contributed by atoms with E-state index in [9.17, 15) is 18.0 Å². The zero-order valence-electron chi connectivity index (χ0n) is 20.6. The third kappa shape index (κ3) is 6.03. The van der Waals surface area contributed by atoms with Crippen molar-refractivity contribution < 1.29 is 22.7 Å². The lowest BCUT2D eigenvalue weighted by molar-refractivity contribution is -0.137. The number of halogens is 3. The molecule has 4 rings (SSSR count). The smallest absolute Gasteiger partial charge is 0.416 e. The van der Waals surface area contributed by atoms with Gasteiger partial charge in [-0.3, -0.25) is 4.98 Å². The van der Waals surface area contributed by atoms with Gasteiger partial charge in [0, 0.05) is 23.9 Å². The third-order valence-corrected chi connectivity index (χ3v) is 6.14. The zero-order chi connectivity index (χ0) is 27.2. The number of alkyl halides is 3. The van der Waals surface area contributed by atoms with E-state index in [1.807, 2.05) is 30.3 Å². The largest absolute Gasteiger partial charge is 0.497 e. The van der Waals surface area contributed by atoms with Gasteiger partial charge in [0.2, 0.25) is 0 Å².